The molecule has 0 saturated carbocycles. The van der Waals surface area contributed by atoms with Crippen LogP contribution in [0.25, 0.3) is 0 Å². The van der Waals surface area contributed by atoms with E-state index in [-0.39, 0.29) is 18.0 Å². The van der Waals surface area contributed by atoms with E-state index in [0.717, 1.165) is 18.5 Å². The second kappa shape index (κ2) is 6.87. The molecule has 1 N–H and O–H groups in total. The van der Waals surface area contributed by atoms with Gasteiger partial charge in [0.05, 0.1) is 17.6 Å². The third-order valence-electron chi connectivity index (χ3n) is 4.17. The molecule has 0 radical (unpaired) electrons. The fraction of sp³-hybridized carbons (Fsp3) is 0.294. The van der Waals surface area contributed by atoms with E-state index in [1.807, 2.05) is 24.3 Å². The highest BCUT2D eigenvalue weighted by atomic mass is 35.5. The molecule has 3 rings (SSSR count). The monoisotopic (exact) mass is 349 g/mol. The Kier molecular flexibility index (Phi) is 4.85. The lowest BCUT2D eigenvalue weighted by molar-refractivity contribution is 0.0927. The summed E-state index contributed by atoms with van der Waals surface area (Å²) in [4.78, 5) is 18.6. The molecule has 0 unspecified atom stereocenters. The van der Waals surface area contributed by atoms with Crippen molar-refractivity contribution in [1.29, 1.82) is 0 Å². The standard InChI is InChI=1S/C17H17Cl2N3O/c1-22-9-8-14(16(22)11-2-5-13(18)6-3-11)21-17(23)12-4-7-15(19)20-10-12/h2-7,10,14,16H,8-9H2,1H3,(H,21,23)/t14-,16-/m1/s1. The number of nitrogens with one attached hydrogen (secondary N) is 1. The first-order valence-electron chi connectivity index (χ1n) is 7.43. The highest BCUT2D eigenvalue weighted by Gasteiger charge is 2.34. The van der Waals surface area contributed by atoms with Crippen molar-refractivity contribution in [3.05, 3.63) is 63.9 Å². The first-order valence-corrected chi connectivity index (χ1v) is 8.18. The molecule has 1 aliphatic rings. The molecular formula is C17H17Cl2N3O. The van der Waals surface area contributed by atoms with Gasteiger partial charge in [-0.3, -0.25) is 9.69 Å². The molecule has 120 valence electrons. The van der Waals surface area contributed by atoms with Crippen LogP contribution in [0, 0.1) is 0 Å². The highest BCUT2D eigenvalue weighted by Crippen LogP contribution is 2.31. The number of aromatic nitrogens is 1. The number of carbonyl (C=O) groups excluding carboxylic acids is 1. The molecule has 1 fully saturated rings. The molecule has 2 aromatic rings. The topological polar surface area (TPSA) is 45.2 Å². The number of carbonyl (C=O) groups is 1. The second-order valence-electron chi connectivity index (χ2n) is 5.72. The van der Waals surface area contributed by atoms with Gasteiger partial charge in [0, 0.05) is 17.8 Å². The molecule has 1 aromatic heterocycles. The first kappa shape index (κ1) is 16.2. The Balaban J connectivity index is 1.77. The predicted octanol–water partition coefficient (Wildman–Crippen LogP) is 3.56. The molecule has 6 heteroatoms. The van der Waals surface area contributed by atoms with Gasteiger partial charge in [0.1, 0.15) is 5.15 Å². The number of pyridine rings is 1. The minimum absolute atomic E-state index is 0.0457. The number of likely N-dealkylation sites (tertiary alicyclic amines) is 1. The molecule has 4 nitrogen and oxygen atoms in total. The number of halogens is 2. The van der Waals surface area contributed by atoms with Crippen LogP contribution in [0.5, 0.6) is 0 Å². The van der Waals surface area contributed by atoms with E-state index in [0.29, 0.717) is 15.7 Å². The van der Waals surface area contributed by atoms with Gasteiger partial charge in [-0.25, -0.2) is 4.98 Å². The molecular weight excluding hydrogens is 333 g/mol. The smallest absolute Gasteiger partial charge is 0.253 e. The van der Waals surface area contributed by atoms with Crippen LogP contribution in [0.1, 0.15) is 28.4 Å². The lowest BCUT2D eigenvalue weighted by Crippen LogP contribution is -2.39. The van der Waals surface area contributed by atoms with E-state index < -0.39 is 0 Å². The average molecular weight is 350 g/mol. The zero-order chi connectivity index (χ0) is 16.4. The summed E-state index contributed by atoms with van der Waals surface area (Å²) in [5.74, 6) is -0.131. The molecule has 0 bridgehead atoms. The van der Waals surface area contributed by atoms with Gasteiger partial charge in [0.15, 0.2) is 0 Å². The molecule has 2 atom stereocenters. The molecule has 2 heterocycles. The van der Waals surface area contributed by atoms with Crippen LogP contribution in [0.4, 0.5) is 0 Å². The number of likely N-dealkylation sites (N-methyl/N-ethyl adjacent to an activating group) is 1. The summed E-state index contributed by atoms with van der Waals surface area (Å²) in [7, 11) is 2.06. The van der Waals surface area contributed by atoms with E-state index in [4.69, 9.17) is 23.2 Å². The maximum Gasteiger partial charge on any atom is 0.253 e. The molecule has 1 saturated heterocycles. The normalized spacial score (nSPS) is 21.3. The number of rotatable bonds is 3. The fourth-order valence-corrected chi connectivity index (χ4v) is 3.24. The van der Waals surface area contributed by atoms with Gasteiger partial charge < -0.3 is 5.32 Å². The van der Waals surface area contributed by atoms with E-state index in [9.17, 15) is 4.79 Å². The average Bonchev–Trinajstić information content (AvgIpc) is 2.89. The maximum atomic E-state index is 12.4. The van der Waals surface area contributed by atoms with Crippen molar-refractivity contribution in [2.75, 3.05) is 13.6 Å². The quantitative estimate of drug-likeness (QED) is 0.861. The molecule has 0 spiro atoms. The zero-order valence-electron chi connectivity index (χ0n) is 12.7. The largest absolute Gasteiger partial charge is 0.347 e. The maximum absolute atomic E-state index is 12.4. The van der Waals surface area contributed by atoms with E-state index >= 15 is 0 Å². The van der Waals surface area contributed by atoms with Gasteiger partial charge in [-0.15, -0.1) is 0 Å². The van der Waals surface area contributed by atoms with Crippen LogP contribution in [0.2, 0.25) is 10.2 Å². The van der Waals surface area contributed by atoms with Crippen molar-refractivity contribution in [3.63, 3.8) is 0 Å². The van der Waals surface area contributed by atoms with Gasteiger partial charge in [-0.1, -0.05) is 35.3 Å². The summed E-state index contributed by atoms with van der Waals surface area (Å²) < 4.78 is 0. The Hall–Kier alpha value is -1.62. The minimum Gasteiger partial charge on any atom is -0.347 e. The molecule has 0 aliphatic carbocycles. The number of hydrogen-bond donors (Lipinski definition) is 1. The summed E-state index contributed by atoms with van der Waals surface area (Å²) in [6.07, 6.45) is 2.39. The Bertz CT molecular complexity index is 688. The number of amides is 1. The lowest BCUT2D eigenvalue weighted by atomic mass is 10.00. The van der Waals surface area contributed by atoms with Crippen LogP contribution >= 0.6 is 23.2 Å². The van der Waals surface area contributed by atoms with Crippen molar-refractivity contribution < 1.29 is 4.79 Å². The second-order valence-corrected chi connectivity index (χ2v) is 6.54. The van der Waals surface area contributed by atoms with Crippen molar-refractivity contribution in [2.24, 2.45) is 0 Å². The van der Waals surface area contributed by atoms with Crippen molar-refractivity contribution in [1.82, 2.24) is 15.2 Å². The van der Waals surface area contributed by atoms with Gasteiger partial charge in [-0.05, 0) is 43.3 Å². The minimum atomic E-state index is -0.131. The third kappa shape index (κ3) is 3.66. The summed E-state index contributed by atoms with van der Waals surface area (Å²) in [5, 5.41) is 4.20. The Morgan fingerprint density at radius 2 is 1.96 bits per heavy atom. The highest BCUT2D eigenvalue weighted by molar-refractivity contribution is 6.30. The number of nitrogens with zero attached hydrogens (tertiary/aromatic N) is 2. The third-order valence-corrected chi connectivity index (χ3v) is 4.64. The van der Waals surface area contributed by atoms with E-state index in [1.54, 1.807) is 12.1 Å². The first-order chi connectivity index (χ1) is 11.0. The van der Waals surface area contributed by atoms with Crippen molar-refractivity contribution in [3.8, 4) is 0 Å². The van der Waals surface area contributed by atoms with Crippen molar-refractivity contribution >= 4 is 29.1 Å². The van der Waals surface area contributed by atoms with Gasteiger partial charge >= 0.3 is 0 Å². The molecule has 23 heavy (non-hydrogen) atoms. The van der Waals surface area contributed by atoms with Crippen LogP contribution in [-0.4, -0.2) is 35.4 Å². The number of benzene rings is 1. The molecule has 1 amide bonds. The van der Waals surface area contributed by atoms with Crippen molar-refractivity contribution in [2.45, 2.75) is 18.5 Å². The summed E-state index contributed by atoms with van der Waals surface area (Å²) in [6, 6.07) is 11.3. The molecule has 1 aromatic carbocycles. The van der Waals surface area contributed by atoms with Gasteiger partial charge in [-0.2, -0.15) is 0 Å². The summed E-state index contributed by atoms with van der Waals surface area (Å²) >= 11 is 11.7. The summed E-state index contributed by atoms with van der Waals surface area (Å²) in [6.45, 7) is 0.928. The van der Waals surface area contributed by atoms with Gasteiger partial charge in [0.2, 0.25) is 0 Å². The number of hydrogen-bond acceptors (Lipinski definition) is 3. The fourth-order valence-electron chi connectivity index (χ4n) is 3.01. The van der Waals surface area contributed by atoms with Crippen LogP contribution in [0.3, 0.4) is 0 Å². The SMILES string of the molecule is CN1CC[C@@H](NC(=O)c2ccc(Cl)nc2)[C@H]1c1ccc(Cl)cc1. The zero-order valence-corrected chi connectivity index (χ0v) is 14.2. The predicted molar refractivity (Wildman–Crippen MR) is 91.9 cm³/mol. The van der Waals surface area contributed by atoms with E-state index in [1.165, 1.54) is 6.20 Å². The Morgan fingerprint density at radius 1 is 1.22 bits per heavy atom. The van der Waals surface area contributed by atoms with Crippen LogP contribution < -0.4 is 5.32 Å². The van der Waals surface area contributed by atoms with E-state index in [2.05, 4.69) is 22.2 Å². The Morgan fingerprint density at radius 3 is 2.61 bits per heavy atom. The molecule has 1 aliphatic heterocycles. The van der Waals surface area contributed by atoms with Gasteiger partial charge in [0.25, 0.3) is 5.91 Å². The van der Waals surface area contributed by atoms with Crippen LogP contribution in [0.15, 0.2) is 42.6 Å². The Labute approximate surface area is 145 Å². The lowest BCUT2D eigenvalue weighted by Gasteiger charge is -2.26. The summed E-state index contributed by atoms with van der Waals surface area (Å²) in [5.41, 5.74) is 1.66. The van der Waals surface area contributed by atoms with Crippen LogP contribution in [-0.2, 0) is 0 Å².